The molecule has 0 N–H and O–H groups in total. The summed E-state index contributed by atoms with van der Waals surface area (Å²) in [6.45, 7) is 3.08. The Kier molecular flexibility index (Phi) is 11.2. The van der Waals surface area contributed by atoms with Gasteiger partial charge in [0.05, 0.1) is 5.52 Å². The second kappa shape index (κ2) is 15.8. The van der Waals surface area contributed by atoms with E-state index in [9.17, 15) is 9.18 Å². The highest BCUT2D eigenvalue weighted by molar-refractivity contribution is 5.94. The highest BCUT2D eigenvalue weighted by Crippen LogP contribution is 2.28. The minimum absolute atomic E-state index is 0.0471. The van der Waals surface area contributed by atoms with E-state index in [1.807, 2.05) is 11.9 Å². The molecule has 0 aliphatic carbocycles. The van der Waals surface area contributed by atoms with Gasteiger partial charge >= 0.3 is 0 Å². The fourth-order valence-electron chi connectivity index (χ4n) is 5.00. The summed E-state index contributed by atoms with van der Waals surface area (Å²) in [6.07, 6.45) is 23.6. The molecule has 36 heavy (non-hydrogen) atoms. The van der Waals surface area contributed by atoms with Crippen molar-refractivity contribution in [2.24, 2.45) is 0 Å². The van der Waals surface area contributed by atoms with Crippen molar-refractivity contribution in [1.29, 1.82) is 0 Å². The first-order valence-corrected chi connectivity index (χ1v) is 14.2. The molecule has 2 aromatic rings. The van der Waals surface area contributed by atoms with Gasteiger partial charge in [-0.1, -0.05) is 63.3 Å². The van der Waals surface area contributed by atoms with E-state index in [-0.39, 0.29) is 11.9 Å². The summed E-state index contributed by atoms with van der Waals surface area (Å²) in [5.41, 5.74) is 1.01. The second-order valence-electron chi connectivity index (χ2n) is 10.2. The molecule has 0 unspecified atom stereocenters. The number of halogens is 1. The largest absolute Gasteiger partial charge is 0.303 e. The lowest BCUT2D eigenvalue weighted by Gasteiger charge is -2.18. The van der Waals surface area contributed by atoms with Crippen LogP contribution in [0.1, 0.15) is 110 Å². The molecule has 1 aromatic heterocycles. The van der Waals surface area contributed by atoms with Crippen LogP contribution in [0, 0.1) is 5.82 Å². The van der Waals surface area contributed by atoms with E-state index in [1.165, 1.54) is 44.2 Å². The van der Waals surface area contributed by atoms with Gasteiger partial charge in [-0.05, 0) is 95.1 Å². The molecule has 1 saturated heterocycles. The predicted molar refractivity (Wildman–Crippen MR) is 151 cm³/mol. The number of aromatic nitrogens is 1. The highest BCUT2D eigenvalue weighted by Gasteiger charge is 2.23. The molecule has 1 aromatic carbocycles. The first-order valence-electron chi connectivity index (χ1n) is 15.2. The molecule has 3 rings (SSSR count). The number of carbonyl (C=O) groups is 1. The standard InChI is InChI=1S/C32H47FN2O/c1-3-4-5-6-7-8-9-10-11-12-13-14-15-16-17-20-32(36)35-26-27(24-29-19-18-23-34(29)2)30-25-28(33)21-22-31(30)35/h7-8,10-11,21-22,25-26,29H,3-6,9,12-20,23-24H2,1-2H3/b8-7-,11-10-/t29-/m1/s1/i24D2. The van der Waals surface area contributed by atoms with Gasteiger partial charge in [0.2, 0.25) is 5.91 Å². The summed E-state index contributed by atoms with van der Waals surface area (Å²) in [4.78, 5) is 15.2. The average molecular weight is 497 g/mol. The van der Waals surface area contributed by atoms with Crippen molar-refractivity contribution in [1.82, 2.24) is 9.47 Å². The molecule has 0 bridgehead atoms. The lowest BCUT2D eigenvalue weighted by molar-refractivity contribution is 0.0904. The first kappa shape index (κ1) is 25.4. The smallest absolute Gasteiger partial charge is 0.231 e. The molecule has 1 aliphatic heterocycles. The zero-order valence-electron chi connectivity index (χ0n) is 24.5. The van der Waals surface area contributed by atoms with E-state index in [0.717, 1.165) is 57.9 Å². The molecule has 2 heterocycles. The van der Waals surface area contributed by atoms with Gasteiger partial charge in [-0.25, -0.2) is 4.39 Å². The van der Waals surface area contributed by atoms with Gasteiger partial charge in [0.15, 0.2) is 0 Å². The highest BCUT2D eigenvalue weighted by atomic mass is 19.1. The molecular weight excluding hydrogens is 447 g/mol. The SMILES string of the molecule is [2H]C([2H])(c1cn(C(=O)CCCCCCC/C=C\C/C=C\CCCCC)c2ccc(F)cc12)[C@H]1CCCN1C. The van der Waals surface area contributed by atoms with Crippen molar-refractivity contribution in [2.75, 3.05) is 13.6 Å². The maximum absolute atomic E-state index is 14.1. The van der Waals surface area contributed by atoms with Crippen LogP contribution in [0.15, 0.2) is 48.7 Å². The van der Waals surface area contributed by atoms with Crippen LogP contribution in [0.25, 0.3) is 10.9 Å². The minimum atomic E-state index is -1.66. The maximum Gasteiger partial charge on any atom is 0.231 e. The summed E-state index contributed by atoms with van der Waals surface area (Å²) in [5.74, 6) is -0.456. The minimum Gasteiger partial charge on any atom is -0.303 e. The summed E-state index contributed by atoms with van der Waals surface area (Å²) in [7, 11) is 1.94. The molecule has 198 valence electrons. The van der Waals surface area contributed by atoms with Crippen LogP contribution in [0.5, 0.6) is 0 Å². The molecule has 1 aliphatic rings. The van der Waals surface area contributed by atoms with Crippen LogP contribution in [-0.4, -0.2) is 35.0 Å². The topological polar surface area (TPSA) is 25.2 Å². The van der Waals surface area contributed by atoms with Crippen LogP contribution >= 0.6 is 0 Å². The van der Waals surface area contributed by atoms with Gasteiger partial charge in [0.1, 0.15) is 5.82 Å². The molecule has 0 saturated carbocycles. The number of carbonyl (C=O) groups excluding carboxylic acids is 1. The average Bonchev–Trinajstić information content (AvgIpc) is 3.50. The van der Waals surface area contributed by atoms with E-state index in [0.29, 0.717) is 22.9 Å². The molecule has 4 heteroatoms. The maximum atomic E-state index is 14.1. The Labute approximate surface area is 221 Å². The molecule has 0 amide bonds. The van der Waals surface area contributed by atoms with Crippen molar-refractivity contribution in [2.45, 2.75) is 109 Å². The van der Waals surface area contributed by atoms with E-state index in [1.54, 1.807) is 16.8 Å². The lowest BCUT2D eigenvalue weighted by atomic mass is 10.0. The summed E-state index contributed by atoms with van der Waals surface area (Å²) in [6, 6.07) is 4.06. The van der Waals surface area contributed by atoms with Gasteiger partial charge in [-0.2, -0.15) is 0 Å². The van der Waals surface area contributed by atoms with Gasteiger partial charge in [-0.15, -0.1) is 0 Å². The van der Waals surface area contributed by atoms with Crippen LogP contribution in [0.3, 0.4) is 0 Å². The summed E-state index contributed by atoms with van der Waals surface area (Å²) >= 11 is 0. The predicted octanol–water partition coefficient (Wildman–Crippen LogP) is 8.87. The van der Waals surface area contributed by atoms with Gasteiger partial charge in [0.25, 0.3) is 0 Å². The van der Waals surface area contributed by atoms with Crippen molar-refractivity contribution >= 4 is 16.8 Å². The van der Waals surface area contributed by atoms with Crippen LogP contribution < -0.4 is 0 Å². The lowest BCUT2D eigenvalue weighted by Crippen LogP contribution is -2.26. The van der Waals surface area contributed by atoms with Crippen molar-refractivity contribution in [3.8, 4) is 0 Å². The summed E-state index contributed by atoms with van der Waals surface area (Å²) in [5, 5.41) is 0.503. The van der Waals surface area contributed by atoms with E-state index < -0.39 is 12.2 Å². The third-order valence-electron chi connectivity index (χ3n) is 7.22. The Morgan fingerprint density at radius 1 is 1.06 bits per heavy atom. The Balaban J connectivity index is 1.44. The number of fused-ring (bicyclic) bond motifs is 1. The normalized spacial score (nSPS) is 18.0. The Hall–Kier alpha value is -2.20. The molecule has 1 atom stereocenters. The fraction of sp³-hybridized carbons (Fsp3) is 0.594. The number of hydrogen-bond donors (Lipinski definition) is 0. The van der Waals surface area contributed by atoms with Gasteiger partial charge in [0, 0.05) is 26.8 Å². The Morgan fingerprint density at radius 2 is 1.78 bits per heavy atom. The first-order chi connectivity index (χ1) is 18.4. The number of likely N-dealkylation sites (N-methyl/N-ethyl adjacent to an activating group) is 1. The summed E-state index contributed by atoms with van der Waals surface area (Å²) < 4.78 is 33.5. The third kappa shape index (κ3) is 9.03. The molecule has 0 radical (unpaired) electrons. The zero-order valence-corrected chi connectivity index (χ0v) is 22.5. The van der Waals surface area contributed by atoms with Crippen molar-refractivity contribution in [3.05, 3.63) is 60.1 Å². The van der Waals surface area contributed by atoms with E-state index in [2.05, 4.69) is 31.2 Å². The number of hydrogen-bond acceptors (Lipinski definition) is 2. The van der Waals surface area contributed by atoms with Crippen LogP contribution in [0.2, 0.25) is 0 Å². The number of likely N-dealkylation sites (tertiary alicyclic amines) is 1. The van der Waals surface area contributed by atoms with Crippen LogP contribution in [-0.2, 0) is 6.37 Å². The third-order valence-corrected chi connectivity index (χ3v) is 7.22. The van der Waals surface area contributed by atoms with Crippen LogP contribution in [0.4, 0.5) is 4.39 Å². The van der Waals surface area contributed by atoms with Gasteiger partial charge < -0.3 is 4.90 Å². The monoisotopic (exact) mass is 496 g/mol. The van der Waals surface area contributed by atoms with Gasteiger partial charge in [-0.3, -0.25) is 9.36 Å². The molecular formula is C32H47FN2O. The number of benzene rings is 1. The van der Waals surface area contributed by atoms with E-state index >= 15 is 0 Å². The Bertz CT molecular complexity index is 1070. The molecule has 3 nitrogen and oxygen atoms in total. The van der Waals surface area contributed by atoms with E-state index in [4.69, 9.17) is 2.74 Å². The number of rotatable bonds is 16. The zero-order chi connectivity index (χ0) is 27.4. The van der Waals surface area contributed by atoms with Crippen molar-refractivity contribution in [3.63, 3.8) is 0 Å². The number of allylic oxidation sites excluding steroid dienone is 4. The fourth-order valence-corrected chi connectivity index (χ4v) is 5.00. The Morgan fingerprint density at radius 3 is 2.50 bits per heavy atom. The number of unbranched alkanes of at least 4 members (excludes halogenated alkanes) is 8. The number of nitrogens with zero attached hydrogens (tertiary/aromatic N) is 2. The molecule has 1 fully saturated rings. The quantitative estimate of drug-likeness (QED) is 0.171. The molecule has 0 spiro atoms. The second-order valence-corrected chi connectivity index (χ2v) is 10.2. The van der Waals surface area contributed by atoms with Crippen molar-refractivity contribution < 1.29 is 11.9 Å².